The number of pyridine rings is 1. The first kappa shape index (κ1) is 16.3. The van der Waals surface area contributed by atoms with E-state index in [0.717, 1.165) is 31.7 Å². The second kappa shape index (κ2) is 7.82. The maximum absolute atomic E-state index is 13.0. The first-order valence-corrected chi connectivity index (χ1v) is 7.81. The summed E-state index contributed by atoms with van der Waals surface area (Å²) >= 11 is 0. The van der Waals surface area contributed by atoms with E-state index < -0.39 is 0 Å². The minimum Gasteiger partial charge on any atom is -0.312 e. The van der Waals surface area contributed by atoms with Crippen LogP contribution in [0.5, 0.6) is 0 Å². The summed E-state index contributed by atoms with van der Waals surface area (Å²) in [7, 11) is 4.13. The van der Waals surface area contributed by atoms with Gasteiger partial charge >= 0.3 is 0 Å². The van der Waals surface area contributed by atoms with Gasteiger partial charge in [0.2, 0.25) is 0 Å². The molecule has 0 saturated carbocycles. The third kappa shape index (κ3) is 4.73. The number of aromatic nitrogens is 1. The molecule has 1 aliphatic rings. The van der Waals surface area contributed by atoms with E-state index in [1.165, 1.54) is 25.2 Å². The molecule has 21 heavy (non-hydrogen) atoms. The van der Waals surface area contributed by atoms with Gasteiger partial charge in [0.1, 0.15) is 5.82 Å². The highest BCUT2D eigenvalue weighted by Crippen LogP contribution is 2.17. The number of nitrogens with one attached hydrogen (secondary N) is 1. The normalized spacial score (nSPS) is 23.0. The van der Waals surface area contributed by atoms with Crippen molar-refractivity contribution >= 4 is 0 Å². The Labute approximate surface area is 127 Å². The summed E-state index contributed by atoms with van der Waals surface area (Å²) in [6.07, 6.45) is 3.51. The lowest BCUT2D eigenvalue weighted by molar-refractivity contribution is 0.193. The van der Waals surface area contributed by atoms with E-state index in [-0.39, 0.29) is 11.9 Å². The summed E-state index contributed by atoms with van der Waals surface area (Å²) in [6.45, 7) is 6.79. The zero-order chi connectivity index (χ0) is 15.2. The van der Waals surface area contributed by atoms with Gasteiger partial charge in [-0.2, -0.15) is 0 Å². The van der Waals surface area contributed by atoms with E-state index in [4.69, 9.17) is 0 Å². The Bertz CT molecular complexity index is 423. The van der Waals surface area contributed by atoms with E-state index in [2.05, 4.69) is 34.1 Å². The summed E-state index contributed by atoms with van der Waals surface area (Å²) in [6, 6.07) is 4.02. The Morgan fingerprint density at radius 2 is 2.24 bits per heavy atom. The number of halogens is 1. The second-order valence-electron chi connectivity index (χ2n) is 6.03. The number of likely N-dealkylation sites (N-methyl/N-ethyl adjacent to an activating group) is 1. The van der Waals surface area contributed by atoms with Gasteiger partial charge in [-0.1, -0.05) is 0 Å². The molecule has 0 amide bonds. The van der Waals surface area contributed by atoms with Crippen LogP contribution in [0.25, 0.3) is 0 Å². The van der Waals surface area contributed by atoms with Crippen LogP contribution >= 0.6 is 0 Å². The number of hydrogen-bond donors (Lipinski definition) is 1. The number of rotatable bonds is 5. The molecule has 1 aromatic rings. The first-order valence-electron chi connectivity index (χ1n) is 7.81. The molecule has 1 aromatic heterocycles. The van der Waals surface area contributed by atoms with Crippen LogP contribution < -0.4 is 5.32 Å². The molecule has 1 fully saturated rings. The molecule has 2 atom stereocenters. The minimum absolute atomic E-state index is 0.179. The highest BCUT2D eigenvalue weighted by Gasteiger charge is 2.21. The third-order valence-electron chi connectivity index (χ3n) is 4.35. The first-order chi connectivity index (χ1) is 10.1. The van der Waals surface area contributed by atoms with Gasteiger partial charge in [0.05, 0.1) is 17.9 Å². The van der Waals surface area contributed by atoms with Gasteiger partial charge < -0.3 is 10.2 Å². The summed E-state index contributed by atoms with van der Waals surface area (Å²) in [5.41, 5.74) is 0.915. The molecule has 5 heteroatoms. The maximum atomic E-state index is 13.0. The topological polar surface area (TPSA) is 31.4 Å². The van der Waals surface area contributed by atoms with Crippen molar-refractivity contribution in [3.8, 4) is 0 Å². The molecule has 2 rings (SSSR count). The lowest BCUT2D eigenvalue weighted by Gasteiger charge is -2.29. The number of nitrogens with zero attached hydrogens (tertiary/aromatic N) is 3. The van der Waals surface area contributed by atoms with Gasteiger partial charge in [-0.3, -0.25) is 9.88 Å². The molecule has 1 saturated heterocycles. The molecule has 0 bridgehead atoms. The molecule has 2 unspecified atom stereocenters. The fourth-order valence-electron chi connectivity index (χ4n) is 3.08. The lowest BCUT2D eigenvalue weighted by Crippen LogP contribution is -2.39. The average Bonchev–Trinajstić information content (AvgIpc) is 2.62. The van der Waals surface area contributed by atoms with Crippen LogP contribution in [0.1, 0.15) is 31.5 Å². The van der Waals surface area contributed by atoms with E-state index in [9.17, 15) is 4.39 Å². The zero-order valence-electron chi connectivity index (χ0n) is 13.3. The molecule has 2 heterocycles. The van der Waals surface area contributed by atoms with Crippen LogP contribution in [0.15, 0.2) is 18.3 Å². The minimum atomic E-state index is -0.280. The molecule has 0 aliphatic carbocycles. The van der Waals surface area contributed by atoms with Gasteiger partial charge in [0.25, 0.3) is 0 Å². The van der Waals surface area contributed by atoms with Crippen LogP contribution in [0.2, 0.25) is 0 Å². The highest BCUT2D eigenvalue weighted by atomic mass is 19.1. The largest absolute Gasteiger partial charge is 0.312 e. The van der Waals surface area contributed by atoms with E-state index in [1.54, 1.807) is 6.07 Å². The molecule has 0 radical (unpaired) electrons. The fourth-order valence-corrected chi connectivity index (χ4v) is 3.08. The highest BCUT2D eigenvalue weighted by molar-refractivity contribution is 5.09. The predicted octanol–water partition coefficient (Wildman–Crippen LogP) is 1.90. The molecule has 0 spiro atoms. The summed E-state index contributed by atoms with van der Waals surface area (Å²) in [5.74, 6) is -0.280. The molecule has 1 aliphatic heterocycles. The van der Waals surface area contributed by atoms with Crippen molar-refractivity contribution in [2.45, 2.75) is 31.8 Å². The van der Waals surface area contributed by atoms with Crippen molar-refractivity contribution < 1.29 is 4.39 Å². The molecular weight excluding hydrogens is 267 g/mol. The van der Waals surface area contributed by atoms with Crippen molar-refractivity contribution in [3.63, 3.8) is 0 Å². The average molecular weight is 294 g/mol. The molecule has 118 valence electrons. The quantitative estimate of drug-likeness (QED) is 0.899. The SMILES string of the molecule is CNC(CCN1CCCN(C)CC1C)c1ccc(F)cn1. The smallest absolute Gasteiger partial charge is 0.141 e. The zero-order valence-corrected chi connectivity index (χ0v) is 13.3. The van der Waals surface area contributed by atoms with Crippen LogP contribution in [-0.4, -0.2) is 61.1 Å². The van der Waals surface area contributed by atoms with Crippen molar-refractivity contribution in [2.75, 3.05) is 40.3 Å². The fraction of sp³-hybridized carbons (Fsp3) is 0.688. The lowest BCUT2D eigenvalue weighted by atomic mass is 10.1. The van der Waals surface area contributed by atoms with Crippen LogP contribution in [0, 0.1) is 5.82 Å². The monoisotopic (exact) mass is 294 g/mol. The summed E-state index contributed by atoms with van der Waals surface area (Å²) in [4.78, 5) is 9.16. The van der Waals surface area contributed by atoms with Gasteiger partial charge in [0.15, 0.2) is 0 Å². The molecule has 4 nitrogen and oxygen atoms in total. The maximum Gasteiger partial charge on any atom is 0.141 e. The Kier molecular flexibility index (Phi) is 6.08. The van der Waals surface area contributed by atoms with Crippen molar-refractivity contribution in [3.05, 3.63) is 29.8 Å². The summed E-state index contributed by atoms with van der Waals surface area (Å²) < 4.78 is 13.0. The van der Waals surface area contributed by atoms with Crippen LogP contribution in [0.4, 0.5) is 4.39 Å². The Morgan fingerprint density at radius 1 is 1.43 bits per heavy atom. The third-order valence-corrected chi connectivity index (χ3v) is 4.35. The number of hydrogen-bond acceptors (Lipinski definition) is 4. The Balaban J connectivity index is 1.91. The van der Waals surface area contributed by atoms with Crippen LogP contribution in [-0.2, 0) is 0 Å². The molecule has 0 aromatic carbocycles. The van der Waals surface area contributed by atoms with Gasteiger partial charge in [0, 0.05) is 19.1 Å². The summed E-state index contributed by atoms with van der Waals surface area (Å²) in [5, 5.41) is 3.29. The van der Waals surface area contributed by atoms with Gasteiger partial charge in [-0.05, 0) is 59.1 Å². The van der Waals surface area contributed by atoms with Gasteiger partial charge in [-0.25, -0.2) is 4.39 Å². The predicted molar refractivity (Wildman–Crippen MR) is 83.8 cm³/mol. The van der Waals surface area contributed by atoms with E-state index in [0.29, 0.717) is 6.04 Å². The molecule has 1 N–H and O–H groups in total. The Hall–Kier alpha value is -1.04. The van der Waals surface area contributed by atoms with Crippen molar-refractivity contribution in [2.24, 2.45) is 0 Å². The molecular formula is C16H27FN4. The van der Waals surface area contributed by atoms with E-state index >= 15 is 0 Å². The van der Waals surface area contributed by atoms with Crippen molar-refractivity contribution in [1.82, 2.24) is 20.1 Å². The van der Waals surface area contributed by atoms with E-state index in [1.807, 2.05) is 7.05 Å². The second-order valence-corrected chi connectivity index (χ2v) is 6.03. The van der Waals surface area contributed by atoms with Crippen molar-refractivity contribution in [1.29, 1.82) is 0 Å². The van der Waals surface area contributed by atoms with Gasteiger partial charge in [-0.15, -0.1) is 0 Å². The standard InChI is InChI=1S/C16H27FN4/c1-13-12-20(3)8-4-9-21(13)10-7-15(18-2)16-6-5-14(17)11-19-16/h5-6,11,13,15,18H,4,7-10,12H2,1-3H3. The Morgan fingerprint density at radius 3 is 2.90 bits per heavy atom. The van der Waals surface area contributed by atoms with Crippen LogP contribution in [0.3, 0.4) is 0 Å².